The molecule has 1 unspecified atom stereocenters. The summed E-state index contributed by atoms with van der Waals surface area (Å²) in [7, 11) is 2.21. The van der Waals surface area contributed by atoms with Crippen LogP contribution in [-0.2, 0) is 0 Å². The zero-order valence-electron chi connectivity index (χ0n) is 15.9. The molecular formula is C20H23N5O2S. The number of aromatic hydroxyl groups is 1. The summed E-state index contributed by atoms with van der Waals surface area (Å²) < 4.78 is 6.29. The van der Waals surface area contributed by atoms with E-state index in [1.807, 2.05) is 12.1 Å². The van der Waals surface area contributed by atoms with Crippen molar-refractivity contribution in [1.82, 2.24) is 25.3 Å². The van der Waals surface area contributed by atoms with Gasteiger partial charge in [-0.05, 0) is 37.6 Å². The molecule has 3 aliphatic rings. The Kier molecular flexibility index (Phi) is 4.13. The Bertz CT molecular complexity index is 988. The van der Waals surface area contributed by atoms with Crippen LogP contribution in [0.25, 0.3) is 21.7 Å². The minimum absolute atomic E-state index is 0.156. The van der Waals surface area contributed by atoms with Crippen molar-refractivity contribution >= 4 is 11.3 Å². The molecule has 2 aliphatic heterocycles. The van der Waals surface area contributed by atoms with Crippen LogP contribution in [0.3, 0.4) is 0 Å². The number of piperidine rings is 2. The molecule has 7 nitrogen and oxygen atoms in total. The van der Waals surface area contributed by atoms with Crippen LogP contribution < -0.4 is 4.74 Å². The van der Waals surface area contributed by atoms with Gasteiger partial charge in [-0.3, -0.25) is 5.10 Å². The first kappa shape index (κ1) is 17.6. The normalized spacial score (nSPS) is 27.2. The summed E-state index contributed by atoms with van der Waals surface area (Å²) in [5, 5.41) is 27.0. The maximum absolute atomic E-state index is 10.5. The van der Waals surface area contributed by atoms with E-state index in [2.05, 4.69) is 39.3 Å². The molecule has 28 heavy (non-hydrogen) atoms. The highest BCUT2D eigenvalue weighted by molar-refractivity contribution is 7.16. The van der Waals surface area contributed by atoms with Gasteiger partial charge < -0.3 is 14.7 Å². The average Bonchev–Trinajstić information content (AvgIpc) is 3.35. The van der Waals surface area contributed by atoms with Crippen LogP contribution in [0, 0.1) is 5.41 Å². The molecule has 3 aromatic rings. The van der Waals surface area contributed by atoms with E-state index >= 15 is 0 Å². The second-order valence-electron chi connectivity index (χ2n) is 8.20. The minimum Gasteiger partial charge on any atom is -0.507 e. The summed E-state index contributed by atoms with van der Waals surface area (Å²) >= 11 is 1.39. The predicted octanol–water partition coefficient (Wildman–Crippen LogP) is 3.55. The lowest BCUT2D eigenvalue weighted by molar-refractivity contribution is -0.0845. The first-order valence-electron chi connectivity index (χ1n) is 9.55. The van der Waals surface area contributed by atoms with Gasteiger partial charge in [0.15, 0.2) is 5.01 Å². The summed E-state index contributed by atoms with van der Waals surface area (Å²) in [6.07, 6.45) is 7.15. The minimum atomic E-state index is 0.156. The lowest BCUT2D eigenvalue weighted by atomic mass is 9.67. The lowest BCUT2D eigenvalue weighted by Gasteiger charge is -2.53. The highest BCUT2D eigenvalue weighted by Gasteiger charge is 2.48. The Hall–Kier alpha value is -2.45. The third-order valence-electron chi connectivity index (χ3n) is 6.26. The van der Waals surface area contributed by atoms with Crippen LogP contribution in [0.1, 0.15) is 26.2 Å². The van der Waals surface area contributed by atoms with Gasteiger partial charge in [0, 0.05) is 36.2 Å². The number of ether oxygens (including phenoxy) is 1. The maximum atomic E-state index is 10.5. The Labute approximate surface area is 167 Å². The molecule has 1 aromatic carbocycles. The van der Waals surface area contributed by atoms with Crippen molar-refractivity contribution in [3.05, 3.63) is 30.6 Å². The van der Waals surface area contributed by atoms with Crippen molar-refractivity contribution in [2.75, 3.05) is 13.6 Å². The number of phenolic OH excluding ortho intramolecular Hbond substituents is 1. The Morgan fingerprint density at radius 3 is 2.93 bits per heavy atom. The summed E-state index contributed by atoms with van der Waals surface area (Å²) in [5.41, 5.74) is 2.64. The van der Waals surface area contributed by atoms with Gasteiger partial charge >= 0.3 is 0 Å². The van der Waals surface area contributed by atoms with Crippen molar-refractivity contribution in [2.45, 2.75) is 38.3 Å². The molecule has 3 atom stereocenters. The topological polar surface area (TPSA) is 87.2 Å². The summed E-state index contributed by atoms with van der Waals surface area (Å²) in [6.45, 7) is 3.37. The molecule has 1 aliphatic carbocycles. The van der Waals surface area contributed by atoms with E-state index in [0.29, 0.717) is 21.8 Å². The fraction of sp³-hybridized carbons (Fsp3) is 0.450. The van der Waals surface area contributed by atoms with E-state index in [9.17, 15) is 5.11 Å². The fourth-order valence-electron chi connectivity index (χ4n) is 4.57. The number of aromatic amines is 1. The summed E-state index contributed by atoms with van der Waals surface area (Å²) in [6, 6.07) is 6.12. The Balaban J connectivity index is 1.35. The van der Waals surface area contributed by atoms with Gasteiger partial charge in [-0.1, -0.05) is 29.4 Å². The van der Waals surface area contributed by atoms with Crippen molar-refractivity contribution in [3.63, 3.8) is 0 Å². The summed E-state index contributed by atoms with van der Waals surface area (Å²) in [5.74, 6) is 0.173. The fourth-order valence-corrected chi connectivity index (χ4v) is 5.34. The van der Waals surface area contributed by atoms with E-state index in [1.165, 1.54) is 24.2 Å². The van der Waals surface area contributed by atoms with E-state index < -0.39 is 0 Å². The average molecular weight is 398 g/mol. The zero-order valence-corrected chi connectivity index (χ0v) is 16.7. The SMILES string of the molecule is CN1C[C@]2(C)CCC1C[C@H]2Oc1nnc(-c2ccc(-c3cn[nH]c3)cc2O)s1. The van der Waals surface area contributed by atoms with Crippen LogP contribution in [0.15, 0.2) is 30.6 Å². The van der Waals surface area contributed by atoms with Crippen LogP contribution in [0.5, 0.6) is 10.9 Å². The molecule has 2 bridgehead atoms. The van der Waals surface area contributed by atoms with Crippen molar-refractivity contribution in [1.29, 1.82) is 0 Å². The summed E-state index contributed by atoms with van der Waals surface area (Å²) in [4.78, 5) is 2.45. The first-order chi connectivity index (χ1) is 13.5. The largest absolute Gasteiger partial charge is 0.507 e. The highest BCUT2D eigenvalue weighted by Crippen LogP contribution is 2.46. The number of benzene rings is 1. The molecular weight excluding hydrogens is 374 g/mol. The van der Waals surface area contributed by atoms with Gasteiger partial charge in [0.2, 0.25) is 0 Å². The number of rotatable bonds is 4. The monoisotopic (exact) mass is 397 g/mol. The van der Waals surface area contributed by atoms with Gasteiger partial charge in [0.25, 0.3) is 5.19 Å². The number of fused-ring (bicyclic) bond motifs is 3. The first-order valence-corrected chi connectivity index (χ1v) is 10.4. The number of phenols is 1. The molecule has 2 aromatic heterocycles. The molecule has 0 spiro atoms. The molecule has 2 N–H and O–H groups in total. The molecule has 146 valence electrons. The number of hydrogen-bond acceptors (Lipinski definition) is 7. The van der Waals surface area contributed by atoms with Gasteiger partial charge in [-0.15, -0.1) is 5.10 Å². The second kappa shape index (κ2) is 6.56. The molecule has 0 radical (unpaired) electrons. The van der Waals surface area contributed by atoms with Crippen LogP contribution >= 0.6 is 11.3 Å². The second-order valence-corrected chi connectivity index (χ2v) is 9.14. The molecule has 6 rings (SSSR count). The third kappa shape index (κ3) is 2.97. The molecule has 1 saturated carbocycles. The van der Waals surface area contributed by atoms with Crippen LogP contribution in [-0.4, -0.2) is 56.1 Å². The van der Waals surface area contributed by atoms with Gasteiger partial charge in [0.1, 0.15) is 11.9 Å². The van der Waals surface area contributed by atoms with Gasteiger partial charge in [-0.2, -0.15) is 5.10 Å². The Morgan fingerprint density at radius 1 is 1.32 bits per heavy atom. The molecule has 2 saturated heterocycles. The van der Waals surface area contributed by atoms with E-state index in [-0.39, 0.29) is 17.3 Å². The van der Waals surface area contributed by atoms with Crippen molar-refractivity contribution in [3.8, 4) is 32.6 Å². The number of H-pyrrole nitrogens is 1. The van der Waals surface area contributed by atoms with Crippen molar-refractivity contribution in [2.24, 2.45) is 5.41 Å². The molecule has 4 heterocycles. The van der Waals surface area contributed by atoms with Crippen LogP contribution in [0.2, 0.25) is 0 Å². The molecule has 8 heteroatoms. The number of aromatic nitrogens is 4. The zero-order chi connectivity index (χ0) is 19.3. The van der Waals surface area contributed by atoms with E-state index in [4.69, 9.17) is 4.74 Å². The van der Waals surface area contributed by atoms with Gasteiger partial charge in [-0.25, -0.2) is 0 Å². The molecule has 0 amide bonds. The maximum Gasteiger partial charge on any atom is 0.294 e. The van der Waals surface area contributed by atoms with E-state index in [1.54, 1.807) is 18.5 Å². The van der Waals surface area contributed by atoms with Crippen LogP contribution in [0.4, 0.5) is 0 Å². The highest BCUT2D eigenvalue weighted by atomic mass is 32.1. The van der Waals surface area contributed by atoms with E-state index in [0.717, 1.165) is 24.1 Å². The predicted molar refractivity (Wildman–Crippen MR) is 107 cm³/mol. The Morgan fingerprint density at radius 2 is 2.21 bits per heavy atom. The van der Waals surface area contributed by atoms with Crippen molar-refractivity contribution < 1.29 is 9.84 Å². The quantitative estimate of drug-likeness (QED) is 0.700. The number of nitrogens with one attached hydrogen (secondary N) is 1. The van der Waals surface area contributed by atoms with Gasteiger partial charge in [0.05, 0.1) is 11.8 Å². The third-order valence-corrected chi connectivity index (χ3v) is 7.10. The lowest BCUT2D eigenvalue weighted by Crippen LogP contribution is -2.59. The smallest absolute Gasteiger partial charge is 0.294 e. The standard InChI is InChI=1S/C20H23N5O2S/c1-20-6-5-14(25(2)11-20)8-17(20)27-19-24-23-18(28-19)15-4-3-12(7-16(15)26)13-9-21-22-10-13/h3-4,7,9-10,14,17,26H,5-6,8,11H2,1-2H3,(H,21,22)/t14?,17-,20+/m1/s1. The number of nitrogens with zero attached hydrogens (tertiary/aromatic N) is 4. The number of hydrogen-bond donors (Lipinski definition) is 2. The molecule has 3 fully saturated rings.